The monoisotopic (exact) mass is 373 g/mol. The van der Waals surface area contributed by atoms with E-state index in [0.29, 0.717) is 0 Å². The quantitative estimate of drug-likeness (QED) is 0.786. The molecule has 27 heavy (non-hydrogen) atoms. The number of alkyl carbamates (subject to hydrolysis) is 1. The van der Waals surface area contributed by atoms with Crippen molar-refractivity contribution in [2.75, 3.05) is 11.9 Å². The number of rotatable bonds is 5. The molecule has 1 heterocycles. The largest absolute Gasteiger partial charge is 0.444 e. The molecule has 1 aromatic carbocycles. The number of hydrogen-bond acceptors (Lipinski definition) is 5. The van der Waals surface area contributed by atoms with E-state index in [4.69, 9.17) is 4.74 Å². The molecule has 142 valence electrons. The zero-order chi connectivity index (χ0) is 20.0. The van der Waals surface area contributed by atoms with Gasteiger partial charge in [-0.15, -0.1) is 0 Å². The van der Waals surface area contributed by atoms with Gasteiger partial charge in [0, 0.05) is 11.8 Å². The molecular formula is C19H20FN3O4. The van der Waals surface area contributed by atoms with Crippen LogP contribution in [0.1, 0.15) is 36.7 Å². The Morgan fingerprint density at radius 3 is 2.48 bits per heavy atom. The summed E-state index contributed by atoms with van der Waals surface area (Å²) in [5.41, 5.74) is -0.614. The number of halogens is 1. The summed E-state index contributed by atoms with van der Waals surface area (Å²) in [6, 6.07) is 6.93. The predicted molar refractivity (Wildman–Crippen MR) is 96.9 cm³/mol. The standard InChI is InChI=1S/C19H20FN3O4/c1-19(2,3)27-18(26)22-11-16(24)23-15-10-21-9-8-13(15)17(25)12-6-4-5-7-14(12)20/h4-10H,11H2,1-3H3,(H,22,26)(H,23,24). The van der Waals surface area contributed by atoms with Gasteiger partial charge in [0.1, 0.15) is 18.0 Å². The van der Waals surface area contributed by atoms with Crippen LogP contribution in [0.2, 0.25) is 0 Å². The van der Waals surface area contributed by atoms with Crippen LogP contribution >= 0.6 is 0 Å². The van der Waals surface area contributed by atoms with Crippen LogP contribution in [0.5, 0.6) is 0 Å². The maximum absolute atomic E-state index is 13.9. The minimum atomic E-state index is -0.744. The smallest absolute Gasteiger partial charge is 0.408 e. The van der Waals surface area contributed by atoms with Crippen LogP contribution in [0, 0.1) is 5.82 Å². The van der Waals surface area contributed by atoms with Crippen molar-refractivity contribution in [1.29, 1.82) is 0 Å². The van der Waals surface area contributed by atoms with Crippen LogP contribution < -0.4 is 10.6 Å². The van der Waals surface area contributed by atoms with Crippen molar-refractivity contribution in [2.45, 2.75) is 26.4 Å². The molecule has 0 spiro atoms. The van der Waals surface area contributed by atoms with Gasteiger partial charge in [-0.1, -0.05) is 12.1 Å². The van der Waals surface area contributed by atoms with Gasteiger partial charge in [0.25, 0.3) is 0 Å². The van der Waals surface area contributed by atoms with Crippen LogP contribution in [0.4, 0.5) is 14.9 Å². The number of hydrogen-bond donors (Lipinski definition) is 2. The molecule has 7 nitrogen and oxygen atoms in total. The van der Waals surface area contributed by atoms with Gasteiger partial charge in [-0.05, 0) is 39.0 Å². The number of pyridine rings is 1. The molecule has 0 aliphatic carbocycles. The highest BCUT2D eigenvalue weighted by atomic mass is 19.1. The predicted octanol–water partition coefficient (Wildman–Crippen LogP) is 2.91. The van der Waals surface area contributed by atoms with Crippen molar-refractivity contribution >= 4 is 23.5 Å². The van der Waals surface area contributed by atoms with Gasteiger partial charge in [-0.2, -0.15) is 0 Å². The van der Waals surface area contributed by atoms with E-state index in [1.807, 2.05) is 0 Å². The molecule has 8 heteroatoms. The number of benzene rings is 1. The van der Waals surface area contributed by atoms with E-state index in [0.717, 1.165) is 0 Å². The Kier molecular flexibility index (Phi) is 6.23. The molecule has 2 N–H and O–H groups in total. The third kappa shape index (κ3) is 5.88. The number of nitrogens with one attached hydrogen (secondary N) is 2. The molecule has 0 radical (unpaired) electrons. The third-order valence-electron chi connectivity index (χ3n) is 3.25. The average Bonchev–Trinajstić information content (AvgIpc) is 2.59. The van der Waals surface area contributed by atoms with Crippen molar-refractivity contribution in [3.63, 3.8) is 0 Å². The molecule has 0 fully saturated rings. The Labute approximate surface area is 155 Å². The SMILES string of the molecule is CC(C)(C)OC(=O)NCC(=O)Nc1cnccc1C(=O)c1ccccc1F. The summed E-state index contributed by atoms with van der Waals surface area (Å²) in [7, 11) is 0. The Bertz CT molecular complexity index is 862. The number of amides is 2. The molecule has 2 aromatic rings. The first-order valence-electron chi connectivity index (χ1n) is 8.17. The van der Waals surface area contributed by atoms with E-state index in [9.17, 15) is 18.8 Å². The fourth-order valence-corrected chi connectivity index (χ4v) is 2.14. The second-order valence-corrected chi connectivity index (χ2v) is 6.63. The van der Waals surface area contributed by atoms with Crippen LogP contribution in [-0.4, -0.2) is 34.9 Å². The number of carbonyl (C=O) groups is 3. The number of anilines is 1. The van der Waals surface area contributed by atoms with E-state index in [1.165, 1.54) is 36.7 Å². The normalized spacial score (nSPS) is 10.8. The summed E-state index contributed by atoms with van der Waals surface area (Å²) in [5.74, 6) is -1.84. The van der Waals surface area contributed by atoms with Gasteiger partial charge in [0.05, 0.1) is 17.4 Å². The number of nitrogens with zero attached hydrogens (tertiary/aromatic N) is 1. The number of ketones is 1. The van der Waals surface area contributed by atoms with E-state index >= 15 is 0 Å². The average molecular weight is 373 g/mol. The molecule has 0 saturated heterocycles. The van der Waals surface area contributed by atoms with Gasteiger partial charge < -0.3 is 15.4 Å². The van der Waals surface area contributed by atoms with Crippen LogP contribution in [0.15, 0.2) is 42.7 Å². The van der Waals surface area contributed by atoms with Crippen LogP contribution in [0.3, 0.4) is 0 Å². The second-order valence-electron chi connectivity index (χ2n) is 6.63. The molecule has 2 rings (SSSR count). The lowest BCUT2D eigenvalue weighted by Crippen LogP contribution is -2.37. The van der Waals surface area contributed by atoms with Crippen LogP contribution in [-0.2, 0) is 9.53 Å². The first kappa shape index (κ1) is 20.0. The summed E-state index contributed by atoms with van der Waals surface area (Å²) in [5, 5.41) is 4.79. The molecular weight excluding hydrogens is 353 g/mol. The third-order valence-corrected chi connectivity index (χ3v) is 3.25. The summed E-state index contributed by atoms with van der Waals surface area (Å²) in [6.45, 7) is 4.73. The minimum absolute atomic E-state index is 0.0840. The molecule has 0 aliphatic heterocycles. The molecule has 0 unspecified atom stereocenters. The summed E-state index contributed by atoms with van der Waals surface area (Å²) < 4.78 is 18.9. The summed E-state index contributed by atoms with van der Waals surface area (Å²) >= 11 is 0. The Morgan fingerprint density at radius 1 is 1.11 bits per heavy atom. The molecule has 0 bridgehead atoms. The van der Waals surface area contributed by atoms with E-state index < -0.39 is 29.2 Å². The van der Waals surface area contributed by atoms with Gasteiger partial charge in [0.15, 0.2) is 5.78 Å². The van der Waals surface area contributed by atoms with Crippen molar-refractivity contribution in [2.24, 2.45) is 0 Å². The first-order chi connectivity index (χ1) is 12.7. The lowest BCUT2D eigenvalue weighted by atomic mass is 10.0. The molecule has 1 aromatic heterocycles. The maximum Gasteiger partial charge on any atom is 0.408 e. The highest BCUT2D eigenvalue weighted by Gasteiger charge is 2.19. The topological polar surface area (TPSA) is 97.4 Å². The van der Waals surface area contributed by atoms with Crippen LogP contribution in [0.25, 0.3) is 0 Å². The summed E-state index contributed by atoms with van der Waals surface area (Å²) in [4.78, 5) is 40.1. The number of aromatic nitrogens is 1. The Hall–Kier alpha value is -3.29. The van der Waals surface area contributed by atoms with Gasteiger partial charge in [-0.3, -0.25) is 14.6 Å². The van der Waals surface area contributed by atoms with E-state index in [1.54, 1.807) is 26.8 Å². The lowest BCUT2D eigenvalue weighted by molar-refractivity contribution is -0.115. The molecule has 0 atom stereocenters. The minimum Gasteiger partial charge on any atom is -0.444 e. The fraction of sp³-hybridized carbons (Fsp3) is 0.263. The van der Waals surface area contributed by atoms with Crippen molar-refractivity contribution in [1.82, 2.24) is 10.3 Å². The van der Waals surface area contributed by atoms with E-state index in [2.05, 4.69) is 15.6 Å². The maximum atomic E-state index is 13.9. The van der Waals surface area contributed by atoms with E-state index in [-0.39, 0.29) is 23.4 Å². The van der Waals surface area contributed by atoms with Gasteiger partial charge in [-0.25, -0.2) is 9.18 Å². The number of carbonyl (C=O) groups excluding carboxylic acids is 3. The van der Waals surface area contributed by atoms with Crippen molar-refractivity contribution < 1.29 is 23.5 Å². The molecule has 2 amide bonds. The zero-order valence-corrected chi connectivity index (χ0v) is 15.2. The highest BCUT2D eigenvalue weighted by molar-refractivity contribution is 6.14. The van der Waals surface area contributed by atoms with Gasteiger partial charge >= 0.3 is 6.09 Å². The Morgan fingerprint density at radius 2 is 1.81 bits per heavy atom. The zero-order valence-electron chi connectivity index (χ0n) is 15.2. The molecule has 0 saturated carbocycles. The van der Waals surface area contributed by atoms with Crippen molar-refractivity contribution in [3.8, 4) is 0 Å². The Balaban J connectivity index is 2.08. The lowest BCUT2D eigenvalue weighted by Gasteiger charge is -2.19. The fourth-order valence-electron chi connectivity index (χ4n) is 2.14. The first-order valence-corrected chi connectivity index (χ1v) is 8.17. The van der Waals surface area contributed by atoms with Gasteiger partial charge in [0.2, 0.25) is 5.91 Å². The number of ether oxygens (including phenoxy) is 1. The summed E-state index contributed by atoms with van der Waals surface area (Å²) in [6.07, 6.45) is 1.90. The molecule has 0 aliphatic rings. The second kappa shape index (κ2) is 8.39. The highest BCUT2D eigenvalue weighted by Crippen LogP contribution is 2.19. The van der Waals surface area contributed by atoms with Crippen molar-refractivity contribution in [3.05, 3.63) is 59.7 Å².